The topological polar surface area (TPSA) is 295 Å². The first-order valence-electron chi connectivity index (χ1n) is 29.6. The number of aliphatic hydroxyl groups excluding tert-OH is 2. The number of amides is 5. The summed E-state index contributed by atoms with van der Waals surface area (Å²) >= 11 is 0. The molecule has 6 unspecified atom stereocenters. The first-order chi connectivity index (χ1) is 37.8. The summed E-state index contributed by atoms with van der Waals surface area (Å²) in [5.41, 5.74) is -1.55. The van der Waals surface area contributed by atoms with Crippen LogP contribution in [0.4, 0.5) is 9.59 Å². The first-order valence-corrected chi connectivity index (χ1v) is 29.6. The number of aliphatic hydroxyl groups is 2. The summed E-state index contributed by atoms with van der Waals surface area (Å²) in [6.45, 7) is 24.2. The van der Waals surface area contributed by atoms with Gasteiger partial charge in [0.2, 0.25) is 17.7 Å². The number of fused-ring (bicyclic) bond motifs is 2. The minimum Gasteiger partial charge on any atom is -0.480 e. The van der Waals surface area contributed by atoms with Crippen LogP contribution in [0, 0.1) is 71.5 Å². The number of carboxylic acids is 1. The molecule has 0 aromatic heterocycles. The zero-order valence-electron chi connectivity index (χ0n) is 51.7. The molecule has 478 valence electrons. The largest absolute Gasteiger partial charge is 0.480 e. The van der Waals surface area contributed by atoms with E-state index in [1.54, 1.807) is 46.4 Å². The molecule has 6 N–H and O–H groups in total. The van der Waals surface area contributed by atoms with Crippen molar-refractivity contribution in [3.8, 4) is 0 Å². The van der Waals surface area contributed by atoms with Crippen molar-refractivity contribution in [2.24, 2.45) is 64.1 Å². The average molecular weight is 1270 g/mol. The molecular formula is C60H100N5O17Pd-. The Morgan fingerprint density at radius 1 is 0.590 bits per heavy atom. The molecule has 5 amide bonds. The smallest absolute Gasteiger partial charge is 0.408 e. The van der Waals surface area contributed by atoms with E-state index >= 15 is 0 Å². The predicted molar refractivity (Wildman–Crippen MR) is 301 cm³/mol. The van der Waals surface area contributed by atoms with Gasteiger partial charge in [-0.3, -0.25) is 14.4 Å². The van der Waals surface area contributed by atoms with Crippen molar-refractivity contribution < 1.29 is 103 Å². The van der Waals surface area contributed by atoms with Gasteiger partial charge in [-0.05, 0) is 126 Å². The molecule has 4 aliphatic carbocycles. The molecule has 22 nitrogen and oxygen atoms in total. The third kappa shape index (κ3) is 18.0. The molecule has 8 fully saturated rings. The molecule has 0 spiro atoms. The van der Waals surface area contributed by atoms with Crippen LogP contribution in [-0.2, 0) is 77.6 Å². The molecule has 23 heteroatoms. The van der Waals surface area contributed by atoms with Crippen molar-refractivity contribution in [2.45, 2.75) is 207 Å². The molecule has 4 heterocycles. The second kappa shape index (κ2) is 29.5. The number of carbonyl (C=O) groups is 8. The third-order valence-corrected chi connectivity index (χ3v) is 18.5. The van der Waals surface area contributed by atoms with E-state index < -0.39 is 89.6 Å². The van der Waals surface area contributed by atoms with E-state index in [-0.39, 0.29) is 97.8 Å². The summed E-state index contributed by atoms with van der Waals surface area (Å²) in [7, 11) is 2.47. The van der Waals surface area contributed by atoms with E-state index in [2.05, 4.69) is 48.4 Å². The van der Waals surface area contributed by atoms with E-state index in [1.165, 1.54) is 19.1 Å². The van der Waals surface area contributed by atoms with Crippen LogP contribution in [-0.4, -0.2) is 180 Å². The fourth-order valence-electron chi connectivity index (χ4n) is 13.6. The van der Waals surface area contributed by atoms with Gasteiger partial charge in [-0.2, -0.15) is 0 Å². The number of piperidine rings is 2. The predicted octanol–water partition coefficient (Wildman–Crippen LogP) is 5.67. The summed E-state index contributed by atoms with van der Waals surface area (Å²) in [6.07, 6.45) is 6.92. The average Bonchev–Trinajstić information content (AvgIpc) is 4.00. The number of nitrogens with zero attached hydrogens (tertiary/aromatic N) is 2. The van der Waals surface area contributed by atoms with Crippen LogP contribution in [0.25, 0.3) is 0 Å². The Labute approximate surface area is 506 Å². The van der Waals surface area contributed by atoms with Gasteiger partial charge >= 0.3 is 30.1 Å². The second-order valence-corrected chi connectivity index (χ2v) is 27.5. The number of likely N-dealkylation sites (tertiary alicyclic amines) is 2. The number of carboxylic acid groups (broad SMARTS) is 1. The number of rotatable bonds is 17. The maximum absolute atomic E-state index is 14.2. The molecule has 0 aromatic rings. The van der Waals surface area contributed by atoms with Gasteiger partial charge in [0.05, 0.1) is 46.7 Å². The Bertz CT molecular complexity index is 2240. The third-order valence-electron chi connectivity index (χ3n) is 18.5. The van der Waals surface area contributed by atoms with Gasteiger partial charge in [-0.25, -0.2) is 24.0 Å². The Balaban J connectivity index is 0.000000298. The summed E-state index contributed by atoms with van der Waals surface area (Å²) in [4.78, 5) is 105. The molecule has 8 aliphatic rings. The molecule has 0 aromatic carbocycles. The van der Waals surface area contributed by atoms with Gasteiger partial charge < -0.3 is 76.9 Å². The second-order valence-electron chi connectivity index (χ2n) is 27.5. The van der Waals surface area contributed by atoms with Crippen molar-refractivity contribution in [3.05, 3.63) is 7.43 Å². The van der Waals surface area contributed by atoms with E-state index in [1.807, 2.05) is 6.92 Å². The maximum atomic E-state index is 14.2. The van der Waals surface area contributed by atoms with Crippen LogP contribution in [0.2, 0.25) is 0 Å². The molecular weight excluding hydrogens is 1170 g/mol. The van der Waals surface area contributed by atoms with Crippen LogP contribution in [0.5, 0.6) is 0 Å². The van der Waals surface area contributed by atoms with Crippen molar-refractivity contribution in [1.29, 1.82) is 0 Å². The normalized spacial score (nSPS) is 27.3. The molecule has 0 bridgehead atoms. The van der Waals surface area contributed by atoms with E-state index in [4.69, 9.17) is 23.7 Å². The zero-order valence-corrected chi connectivity index (χ0v) is 53.3. The SMILES string of the molecule is CC(C)(C)OC(=O)N[C@H](C(=O)N1CC2[C@@H]([C@H]1C(=O)O)C2(C)C)C1CCCCC1.COC(=O)C(O)C(C)CC1COC1.COC(=O)C(O)C(CC1COC1)NC(=O)[C@@H]1[C@@H]2C(CN1C(=O)[C@@H](NC(=O)OC(C)(C)C)C1CCCCC1)C2(C)C.[CH3-].[Pd]. The van der Waals surface area contributed by atoms with Crippen molar-refractivity contribution in [1.82, 2.24) is 25.8 Å². The Morgan fingerprint density at radius 2 is 0.964 bits per heavy atom. The molecule has 4 saturated carbocycles. The number of aliphatic carboxylic acids is 1. The van der Waals surface area contributed by atoms with E-state index in [9.17, 15) is 53.7 Å². The van der Waals surface area contributed by atoms with Gasteiger partial charge in [-0.15, -0.1) is 0 Å². The number of hydrogen-bond donors (Lipinski definition) is 6. The van der Waals surface area contributed by atoms with Gasteiger partial charge in [0.25, 0.3) is 0 Å². The number of hydrogen-bond acceptors (Lipinski definition) is 16. The van der Waals surface area contributed by atoms with Crippen LogP contribution in [0.3, 0.4) is 0 Å². The van der Waals surface area contributed by atoms with Gasteiger partial charge in [-0.1, -0.05) is 73.1 Å². The molecule has 4 aliphatic heterocycles. The van der Waals surface area contributed by atoms with Crippen molar-refractivity contribution in [2.75, 3.05) is 53.7 Å². The minimum atomic E-state index is -1.54. The fourth-order valence-corrected chi connectivity index (χ4v) is 13.6. The molecule has 83 heavy (non-hydrogen) atoms. The quantitative estimate of drug-likeness (QED) is 0.0443. The molecule has 8 rings (SSSR count). The number of alkyl carbamates (subject to hydrolysis) is 2. The van der Waals surface area contributed by atoms with Crippen LogP contribution >= 0.6 is 0 Å². The maximum Gasteiger partial charge on any atom is 0.408 e. The van der Waals surface area contributed by atoms with Crippen molar-refractivity contribution >= 4 is 47.8 Å². The number of ether oxygens (including phenoxy) is 6. The first kappa shape index (κ1) is 71.3. The number of esters is 2. The fraction of sp³-hybridized carbons (Fsp3) is 0.850. The standard InChI is InChI=1S/C29H47N3O8.C21H34N2O5.C9H16O4.CH3.Pd/c1-28(2,3)40-27(37)31-21(17-10-8-7-9-11-17)25(35)32-13-18-20(29(18,4)5)22(32)24(34)30-19(12-16-14-39-15-16)23(33)26(36)38-6;1-20(2,3)28-19(27)22-15(12-9-7-6-8-10-12)17(24)23-11-13-14(21(13,4)5)16(23)18(25)26;1-6(3-7-4-13-5-7)8(10)9(11)12-2;;/h16-23,33H,7-15H2,1-6H3,(H,30,34)(H,31,37);12-16H,6-11H2,1-5H3,(H,22,27)(H,25,26);6-8,10H,3-5H2,1-2H3;1H3;/q;;;-1;/t18?,19?,20-,21-,22-,23?;13?,14-,15-,16-;;;/m00.../s1. The summed E-state index contributed by atoms with van der Waals surface area (Å²) < 4.78 is 30.3. The van der Waals surface area contributed by atoms with E-state index in [0.29, 0.717) is 38.6 Å². The van der Waals surface area contributed by atoms with Crippen LogP contribution in [0.15, 0.2) is 0 Å². The van der Waals surface area contributed by atoms with E-state index in [0.717, 1.165) is 83.8 Å². The summed E-state index contributed by atoms with van der Waals surface area (Å²) in [6, 6.07) is -3.98. The van der Waals surface area contributed by atoms with Gasteiger partial charge in [0, 0.05) is 51.3 Å². The monoisotopic (exact) mass is 1270 g/mol. The Kier molecular flexibility index (Phi) is 25.4. The summed E-state index contributed by atoms with van der Waals surface area (Å²) in [5, 5.41) is 38.4. The van der Waals surface area contributed by atoms with Crippen molar-refractivity contribution in [3.63, 3.8) is 0 Å². The van der Waals surface area contributed by atoms with Gasteiger partial charge in [0.1, 0.15) is 35.4 Å². The molecule has 0 radical (unpaired) electrons. The number of carbonyl (C=O) groups excluding carboxylic acids is 7. The zero-order chi connectivity index (χ0) is 60.1. The number of methoxy groups -OCH3 is 2. The molecule has 12 atom stereocenters. The number of nitrogens with one attached hydrogen (secondary N) is 3. The van der Waals surface area contributed by atoms with Crippen LogP contribution < -0.4 is 16.0 Å². The van der Waals surface area contributed by atoms with Crippen LogP contribution in [0.1, 0.15) is 153 Å². The Hall–Kier alpha value is -4.14. The Morgan fingerprint density at radius 3 is 1.33 bits per heavy atom. The van der Waals surface area contributed by atoms with Gasteiger partial charge in [0.15, 0.2) is 12.2 Å². The summed E-state index contributed by atoms with van der Waals surface area (Å²) in [5.74, 6) is -2.48. The minimum absolute atomic E-state index is 0. The molecule has 4 saturated heterocycles.